The molecule has 0 aliphatic carbocycles. The van der Waals surface area contributed by atoms with Gasteiger partial charge < -0.3 is 44.9 Å². The number of likely N-dealkylation sites (tertiary alicyclic amines) is 1. The predicted octanol–water partition coefficient (Wildman–Crippen LogP) is 9.16. The van der Waals surface area contributed by atoms with Gasteiger partial charge in [-0.25, -0.2) is 4.98 Å². The fourth-order valence-corrected chi connectivity index (χ4v) is 11.1. The van der Waals surface area contributed by atoms with Crippen molar-refractivity contribution in [1.82, 2.24) is 30.8 Å². The van der Waals surface area contributed by atoms with E-state index in [0.717, 1.165) is 74.7 Å². The Labute approximate surface area is 446 Å². The smallest absolute Gasteiger partial charge is 0.253 e. The lowest BCUT2D eigenvalue weighted by atomic mass is 9.85. The Balaban J connectivity index is 0.894. The van der Waals surface area contributed by atoms with E-state index in [4.69, 9.17) is 14.2 Å². The van der Waals surface area contributed by atoms with E-state index >= 15 is 0 Å². The fourth-order valence-electron chi connectivity index (χ4n) is 10.2. The van der Waals surface area contributed by atoms with E-state index in [1.54, 1.807) is 16.2 Å². The molecule has 0 radical (unpaired) electrons. The summed E-state index contributed by atoms with van der Waals surface area (Å²) in [5, 5.41) is 9.11. The molecular weight excluding hydrogens is 967 g/mol. The molecule has 4 atom stereocenters. The number of carbonyl (C=O) groups excluding carboxylic acids is 4. The van der Waals surface area contributed by atoms with Gasteiger partial charge in [0.15, 0.2) is 0 Å². The maximum absolute atomic E-state index is 14.3. The maximum Gasteiger partial charge on any atom is 0.253 e. The number of H-pyrrole nitrogens is 1. The lowest BCUT2D eigenvalue weighted by Gasteiger charge is -2.37. The van der Waals surface area contributed by atoms with E-state index in [9.17, 15) is 24.0 Å². The number of ether oxygens (including phenoxy) is 3. The van der Waals surface area contributed by atoms with Gasteiger partial charge in [-0.2, -0.15) is 0 Å². The number of hydrogen-bond donors (Lipinski definition) is 4. The van der Waals surface area contributed by atoms with Crippen LogP contribution < -0.4 is 31.1 Å². The van der Waals surface area contributed by atoms with Crippen molar-refractivity contribution < 1.29 is 33.4 Å². The molecule has 402 valence electrons. The first-order chi connectivity index (χ1) is 35.8. The number of rotatable bonds is 21. The van der Waals surface area contributed by atoms with Crippen LogP contribution in [-0.2, 0) is 30.4 Å². The number of aromatic nitrogens is 2. The molecule has 5 aromatic rings. The zero-order valence-corrected chi connectivity index (χ0v) is 46.3. The van der Waals surface area contributed by atoms with Gasteiger partial charge in [0, 0.05) is 68.0 Å². The summed E-state index contributed by atoms with van der Waals surface area (Å²) in [6.07, 6.45) is 3.67. The largest absolute Gasteiger partial charge is 0.494 e. The number of anilines is 1. The number of unbranched alkanes of at least 4 members (excludes halogenated alkanes) is 1. The van der Waals surface area contributed by atoms with E-state index in [0.29, 0.717) is 69.1 Å². The van der Waals surface area contributed by atoms with Crippen molar-refractivity contribution in [1.29, 1.82) is 0 Å². The number of pyridine rings is 1. The minimum atomic E-state index is -0.862. The van der Waals surface area contributed by atoms with Crippen LogP contribution in [0.3, 0.4) is 0 Å². The van der Waals surface area contributed by atoms with Crippen LogP contribution in [0.5, 0.6) is 5.75 Å². The molecule has 4 N–H and O–H groups in total. The van der Waals surface area contributed by atoms with Gasteiger partial charge in [0.05, 0.1) is 28.7 Å². The molecule has 7 rings (SSSR count). The van der Waals surface area contributed by atoms with Gasteiger partial charge in [0.25, 0.3) is 11.5 Å². The van der Waals surface area contributed by atoms with Gasteiger partial charge in [-0.05, 0) is 149 Å². The van der Waals surface area contributed by atoms with Crippen LogP contribution >= 0.6 is 11.3 Å². The summed E-state index contributed by atoms with van der Waals surface area (Å²) in [6, 6.07) is 20.4. The van der Waals surface area contributed by atoms with E-state index in [2.05, 4.69) is 43.8 Å². The summed E-state index contributed by atoms with van der Waals surface area (Å²) < 4.78 is 17.6. The molecule has 2 saturated heterocycles. The third-order valence-corrected chi connectivity index (χ3v) is 15.5. The second kappa shape index (κ2) is 25.5. The first-order valence-electron chi connectivity index (χ1n) is 26.5. The maximum atomic E-state index is 14.3. The second-order valence-electron chi connectivity index (χ2n) is 21.4. The third kappa shape index (κ3) is 14.3. The molecular formula is C59H77N7O8S. The number of nitrogens with one attached hydrogen (secondary N) is 4. The van der Waals surface area contributed by atoms with Crippen LogP contribution in [0.4, 0.5) is 5.69 Å². The van der Waals surface area contributed by atoms with Crippen LogP contribution in [0.1, 0.15) is 124 Å². The zero-order chi connectivity index (χ0) is 54.0. The van der Waals surface area contributed by atoms with Crippen molar-refractivity contribution in [3.63, 3.8) is 0 Å². The van der Waals surface area contributed by atoms with Gasteiger partial charge in [0.1, 0.15) is 24.4 Å². The van der Waals surface area contributed by atoms with E-state index < -0.39 is 23.4 Å². The minimum absolute atomic E-state index is 0.111. The number of hydrogen-bond acceptors (Lipinski definition) is 11. The molecule has 2 aromatic heterocycles. The Morgan fingerprint density at radius 1 is 0.920 bits per heavy atom. The van der Waals surface area contributed by atoms with Crippen LogP contribution in [0.15, 0.2) is 77.0 Å². The molecule has 4 heterocycles. The first kappa shape index (κ1) is 56.4. The average molecular weight is 1040 g/mol. The van der Waals surface area contributed by atoms with Crippen molar-refractivity contribution in [3.8, 4) is 27.3 Å². The van der Waals surface area contributed by atoms with Crippen molar-refractivity contribution in [3.05, 3.63) is 122 Å². The predicted molar refractivity (Wildman–Crippen MR) is 296 cm³/mol. The van der Waals surface area contributed by atoms with E-state index in [1.807, 2.05) is 128 Å². The number of amides is 4. The highest BCUT2D eigenvalue weighted by atomic mass is 32.1. The van der Waals surface area contributed by atoms with Crippen LogP contribution in [0.25, 0.3) is 21.6 Å². The number of carbonyl (C=O) groups is 4. The lowest BCUT2D eigenvalue weighted by Crippen LogP contribution is -2.58. The van der Waals surface area contributed by atoms with Gasteiger partial charge in [-0.1, -0.05) is 64.1 Å². The van der Waals surface area contributed by atoms with Gasteiger partial charge in [-0.15, -0.1) is 11.3 Å². The molecule has 2 fully saturated rings. The van der Waals surface area contributed by atoms with Crippen molar-refractivity contribution in [2.75, 3.05) is 51.0 Å². The molecule has 16 heteroatoms. The van der Waals surface area contributed by atoms with Gasteiger partial charge >= 0.3 is 0 Å². The standard InChI is InChI=1S/C59H77N7O8S/c1-11-65(46-22-26-72-27-23-46)50-31-45(30-48(39(50)5)55(68)60-32-49-37(3)29-38(4)62-56(49)69)43-18-20-47(21-19-43)74-25-13-12-24-73-34-52(67)64-54(59(8,9)10)58(71)66-33-36(2)28-51(66)57(70)63-40(6)42-14-16-44(17-15-42)53-41(7)61-35-75-53/h14-21,29-31,35-36,40,46,51,54H,11-13,22-28,32-34H2,1-10H3,(H,60,68)(H,62,69)(H,63,70)(H,64,67)/t36-,40+,51+,54?/m1/s1. The molecule has 0 saturated carbocycles. The quantitative estimate of drug-likeness (QED) is 0.0517. The average Bonchev–Trinajstić information content (AvgIpc) is 4.00. The summed E-state index contributed by atoms with van der Waals surface area (Å²) in [5.41, 5.74) is 10.4. The molecule has 0 bridgehead atoms. The highest BCUT2D eigenvalue weighted by molar-refractivity contribution is 7.13. The topological polar surface area (TPSA) is 184 Å². The highest BCUT2D eigenvalue weighted by Crippen LogP contribution is 2.35. The fraction of sp³-hybridized carbons (Fsp3) is 0.492. The van der Waals surface area contributed by atoms with Crippen molar-refractivity contribution >= 4 is 40.7 Å². The van der Waals surface area contributed by atoms with E-state index in [1.165, 1.54) is 0 Å². The molecule has 15 nitrogen and oxygen atoms in total. The van der Waals surface area contributed by atoms with Crippen LogP contribution in [0.2, 0.25) is 0 Å². The first-order valence-corrected chi connectivity index (χ1v) is 27.4. The second-order valence-corrected chi connectivity index (χ2v) is 22.2. The molecule has 2 aliphatic heterocycles. The summed E-state index contributed by atoms with van der Waals surface area (Å²) >= 11 is 1.60. The molecule has 1 unspecified atom stereocenters. The molecule has 4 amide bonds. The monoisotopic (exact) mass is 1040 g/mol. The Kier molecular flexibility index (Phi) is 19.1. The molecule has 75 heavy (non-hydrogen) atoms. The van der Waals surface area contributed by atoms with E-state index in [-0.39, 0.29) is 54.4 Å². The third-order valence-electron chi connectivity index (χ3n) is 14.5. The Hall–Kier alpha value is -6.36. The zero-order valence-electron chi connectivity index (χ0n) is 45.5. The Morgan fingerprint density at radius 3 is 2.27 bits per heavy atom. The highest BCUT2D eigenvalue weighted by Gasteiger charge is 2.44. The Morgan fingerprint density at radius 2 is 1.61 bits per heavy atom. The number of aromatic amines is 1. The minimum Gasteiger partial charge on any atom is -0.494 e. The summed E-state index contributed by atoms with van der Waals surface area (Å²) in [6.45, 7) is 22.8. The van der Waals surface area contributed by atoms with Gasteiger partial charge in [-0.3, -0.25) is 24.0 Å². The number of thiazole rings is 1. The molecule has 3 aromatic carbocycles. The summed E-state index contributed by atoms with van der Waals surface area (Å²) in [4.78, 5) is 80.5. The summed E-state index contributed by atoms with van der Waals surface area (Å²) in [7, 11) is 0. The number of benzene rings is 3. The van der Waals surface area contributed by atoms with Gasteiger partial charge in [0.2, 0.25) is 17.7 Å². The molecule has 0 spiro atoms. The normalized spacial score (nSPS) is 16.8. The number of aryl methyl sites for hydroxylation is 3. The summed E-state index contributed by atoms with van der Waals surface area (Å²) in [5.74, 6) is -0.323. The molecule has 2 aliphatic rings. The van der Waals surface area contributed by atoms with Crippen LogP contribution in [-0.4, -0.2) is 103 Å². The van der Waals surface area contributed by atoms with Crippen molar-refractivity contribution in [2.24, 2.45) is 11.3 Å². The van der Waals surface area contributed by atoms with Crippen LogP contribution in [0, 0.1) is 39.0 Å². The number of nitrogens with zero attached hydrogens (tertiary/aromatic N) is 3. The lowest BCUT2D eigenvalue weighted by molar-refractivity contribution is -0.144. The Bertz CT molecular complexity index is 2830. The van der Waals surface area contributed by atoms with Crippen molar-refractivity contribution in [2.45, 2.75) is 132 Å². The SMILES string of the molecule is CCN(c1cc(-c2ccc(OCCCCOCC(=O)NC(C(=O)N3C[C@H](C)C[C@H]3C(=O)N[C@@H](C)c3ccc(-c4scnc4C)cc3)C(C)(C)C)cc2)cc(C(=O)NCc2c(C)cc(C)[nH]c2=O)c1C)C1CCOCC1.